The minimum atomic E-state index is -1.39. The second kappa shape index (κ2) is 43.4. The summed E-state index contributed by atoms with van der Waals surface area (Å²) in [7, 11) is -0.0313. The number of fused-ring (bicyclic) bond motifs is 2. The molecule has 620 valence electrons. The van der Waals surface area contributed by atoms with E-state index >= 15 is 0 Å². The van der Waals surface area contributed by atoms with Crippen LogP contribution < -0.4 is 26.8 Å². The molecule has 10 atom stereocenters. The largest absolute Gasteiger partial charge is 0.481 e. The molecule has 4 heterocycles. The Balaban J connectivity index is 0.000000378. The molecule has 2 aliphatic heterocycles. The quantitative estimate of drug-likeness (QED) is 0.0112. The third-order valence-electron chi connectivity index (χ3n) is 18.6. The number of carbonyl (C=O) groups is 11. The molecular formula is C82H125N9O19Si2. The molecule has 2 aromatic heterocycles. The van der Waals surface area contributed by atoms with E-state index in [9.17, 15) is 57.8 Å². The van der Waals surface area contributed by atoms with E-state index < -0.39 is 123 Å². The number of amides is 5. The van der Waals surface area contributed by atoms with Crippen LogP contribution in [-0.2, 0) is 85.9 Å². The molecule has 5 amide bonds. The lowest BCUT2D eigenvalue weighted by molar-refractivity contribution is -0.158. The van der Waals surface area contributed by atoms with E-state index in [1.54, 1.807) is 80.5 Å². The first-order valence-corrected chi connectivity index (χ1v) is 45.9. The van der Waals surface area contributed by atoms with Crippen molar-refractivity contribution in [2.45, 2.75) is 235 Å². The summed E-state index contributed by atoms with van der Waals surface area (Å²) < 4.78 is 37.2. The number of rotatable bonds is 33. The van der Waals surface area contributed by atoms with E-state index in [-0.39, 0.29) is 55.2 Å². The number of methoxy groups -OCH3 is 2. The first kappa shape index (κ1) is 95.6. The molecule has 112 heavy (non-hydrogen) atoms. The van der Waals surface area contributed by atoms with Gasteiger partial charge in [0.05, 0.1) is 67.6 Å². The molecule has 0 spiro atoms. The molecule has 2 fully saturated rings. The average Bonchev–Trinajstić information content (AvgIpc) is 0.819. The van der Waals surface area contributed by atoms with Gasteiger partial charge in [-0.05, 0) is 147 Å². The lowest BCUT2D eigenvalue weighted by Crippen LogP contribution is -2.61. The van der Waals surface area contributed by atoms with Crippen molar-refractivity contribution in [1.29, 1.82) is 0 Å². The van der Waals surface area contributed by atoms with Crippen LogP contribution in [0.3, 0.4) is 0 Å². The van der Waals surface area contributed by atoms with Crippen LogP contribution in [0.25, 0.3) is 34.0 Å². The summed E-state index contributed by atoms with van der Waals surface area (Å²) in [5.74, 6) is -6.10. The summed E-state index contributed by atoms with van der Waals surface area (Å²) in [5, 5.41) is 22.7. The smallest absolute Gasteiger partial charge is 0.324 e. The van der Waals surface area contributed by atoms with Crippen molar-refractivity contribution in [2.24, 2.45) is 28.6 Å². The predicted octanol–water partition coefficient (Wildman–Crippen LogP) is 11.0. The molecule has 0 aliphatic carbocycles. The molecule has 0 saturated carbocycles. The number of hydrazine groups is 2. The molecule has 0 unspecified atom stereocenters. The lowest BCUT2D eigenvalue weighted by Gasteiger charge is -2.34. The third-order valence-corrected chi connectivity index (χ3v) is 22.0. The van der Waals surface area contributed by atoms with Crippen molar-refractivity contribution in [1.82, 2.24) is 46.8 Å². The van der Waals surface area contributed by atoms with E-state index in [4.69, 9.17) is 38.1 Å². The molecule has 0 bridgehead atoms. The van der Waals surface area contributed by atoms with Gasteiger partial charge in [-0.15, -0.1) is 0 Å². The van der Waals surface area contributed by atoms with Gasteiger partial charge in [0.15, 0.2) is 0 Å². The average molecular weight is 1600 g/mol. The Morgan fingerprint density at radius 1 is 0.571 bits per heavy atom. The predicted molar refractivity (Wildman–Crippen MR) is 434 cm³/mol. The minimum Gasteiger partial charge on any atom is -0.481 e. The molecule has 28 nitrogen and oxygen atoms in total. The number of pyridine rings is 2. The Bertz CT molecular complexity index is 3960. The van der Waals surface area contributed by atoms with Gasteiger partial charge in [-0.3, -0.25) is 62.8 Å². The highest BCUT2D eigenvalue weighted by atomic mass is 28.3. The minimum absolute atomic E-state index is 0.0614. The molecular weight excluding hydrogens is 1470 g/mol. The highest BCUT2D eigenvalue weighted by molar-refractivity contribution is 6.76. The number of nitrogens with one attached hydrogen (secondary N) is 5. The van der Waals surface area contributed by atoms with Gasteiger partial charge >= 0.3 is 35.8 Å². The van der Waals surface area contributed by atoms with Gasteiger partial charge < -0.3 is 54.2 Å². The van der Waals surface area contributed by atoms with Crippen molar-refractivity contribution in [3.8, 4) is 0 Å². The van der Waals surface area contributed by atoms with Gasteiger partial charge in [0.25, 0.3) is 11.8 Å². The molecule has 6 N–H and O–H groups in total. The maximum atomic E-state index is 14.1. The van der Waals surface area contributed by atoms with Crippen LogP contribution in [0, 0.1) is 28.6 Å². The molecule has 6 rings (SSSR count). The van der Waals surface area contributed by atoms with Crippen molar-refractivity contribution in [2.75, 3.05) is 53.7 Å². The zero-order valence-corrected chi connectivity index (χ0v) is 72.1. The van der Waals surface area contributed by atoms with Crippen molar-refractivity contribution in [3.05, 3.63) is 95.3 Å². The van der Waals surface area contributed by atoms with E-state index in [1.165, 1.54) is 38.1 Å². The Morgan fingerprint density at radius 2 is 0.973 bits per heavy atom. The van der Waals surface area contributed by atoms with E-state index in [0.717, 1.165) is 39.5 Å². The summed E-state index contributed by atoms with van der Waals surface area (Å²) in [4.78, 5) is 146. The first-order valence-electron chi connectivity index (χ1n) is 38.5. The van der Waals surface area contributed by atoms with Gasteiger partial charge in [0.1, 0.15) is 53.4 Å². The van der Waals surface area contributed by atoms with Crippen molar-refractivity contribution < 1.29 is 91.0 Å². The first-order chi connectivity index (χ1) is 52.1. The summed E-state index contributed by atoms with van der Waals surface area (Å²) in [5.41, 5.74) is 7.21. The number of carboxylic acids is 1. The number of nitrogens with zero attached hydrogens (tertiary/aromatic N) is 4. The maximum Gasteiger partial charge on any atom is 0.324 e. The van der Waals surface area contributed by atoms with Gasteiger partial charge in [0, 0.05) is 67.1 Å². The number of carbonyl (C=O) groups excluding carboxylic acids is 10. The third kappa shape index (κ3) is 32.0. The number of carboxylic acid groups (broad SMARTS) is 1. The normalized spacial score (nSPS) is 17.5. The van der Waals surface area contributed by atoms with E-state index in [0.29, 0.717) is 68.9 Å². The van der Waals surface area contributed by atoms with Crippen LogP contribution >= 0.6 is 0 Å². The summed E-state index contributed by atoms with van der Waals surface area (Å²) in [6, 6.07) is 17.0. The zero-order valence-electron chi connectivity index (χ0n) is 70.1. The Labute approximate surface area is 663 Å². The van der Waals surface area contributed by atoms with Crippen LogP contribution in [-0.4, -0.2) is 196 Å². The van der Waals surface area contributed by atoms with Gasteiger partial charge in [-0.1, -0.05) is 128 Å². The second-order valence-corrected chi connectivity index (χ2v) is 44.6. The molecule has 30 heteroatoms. The molecule has 0 radical (unpaired) electrons. The van der Waals surface area contributed by atoms with Crippen molar-refractivity contribution in [3.63, 3.8) is 0 Å². The van der Waals surface area contributed by atoms with Crippen LogP contribution in [0.1, 0.15) is 171 Å². The maximum absolute atomic E-state index is 14.1. The van der Waals surface area contributed by atoms with Crippen molar-refractivity contribution >= 4 is 115 Å². The number of aromatic nitrogens is 2. The number of aliphatic carboxylic acids is 1. The zero-order chi connectivity index (χ0) is 84.4. The van der Waals surface area contributed by atoms with Gasteiger partial charge in [-0.25, -0.2) is 20.8 Å². The highest BCUT2D eigenvalue weighted by Crippen LogP contribution is 2.29. The van der Waals surface area contributed by atoms with Crippen LogP contribution in [0.4, 0.5) is 0 Å². The van der Waals surface area contributed by atoms with E-state index in [1.807, 2.05) is 94.4 Å². The number of hydrogen-bond acceptors (Lipinski definition) is 22. The number of hydrogen-bond donors (Lipinski definition) is 6. The van der Waals surface area contributed by atoms with Crippen LogP contribution in [0.15, 0.2) is 72.8 Å². The molecule has 2 saturated heterocycles. The topological polar surface area (TPSA) is 365 Å². The highest BCUT2D eigenvalue weighted by Gasteiger charge is 2.39. The SMILES string of the molecule is CC(=O)O[C@H](C)c1ccc2ccc(/C=C/[C@](C)(COCC[Si](C)(C)C)C(=O)O)cc2n1.COC(=O)[C@@H]1CCCN(C(=O)[C@H](C)NC(=O)[C@@H](CC(=O)OC(C)(C)C)C(C)C)N1.COC(=O)[C@@H]1CCCN(C(=O)[C@H](C)NC(=O)[C@@H](NC(=O)[C@](C)(/C=C/c2ccc3ccc([C@@H](C)OC(C)=O)nc3c2)COCC[Si](C)(C)C)C(C)C)N1. The summed E-state index contributed by atoms with van der Waals surface area (Å²) in [6.07, 6.45) is 8.43. The van der Waals surface area contributed by atoms with Crippen LogP contribution in [0.5, 0.6) is 0 Å². The summed E-state index contributed by atoms with van der Waals surface area (Å²) in [6.45, 7) is 41.1. The lowest BCUT2D eigenvalue weighted by atomic mass is 9.88. The number of benzene rings is 2. The second-order valence-electron chi connectivity index (χ2n) is 33.4. The fourth-order valence-corrected chi connectivity index (χ4v) is 13.1. The fourth-order valence-electron chi connectivity index (χ4n) is 11.6. The Kier molecular flexibility index (Phi) is 37.1. The number of esters is 5. The van der Waals surface area contributed by atoms with Gasteiger partial charge in [0.2, 0.25) is 17.7 Å². The van der Waals surface area contributed by atoms with Gasteiger partial charge in [-0.2, -0.15) is 0 Å². The molecule has 4 aromatic rings. The fraction of sp³-hybridized carbons (Fsp3) is 0.598. The van der Waals surface area contributed by atoms with Crippen LogP contribution in [0.2, 0.25) is 51.4 Å². The number of ether oxygens (including phenoxy) is 7. The standard InChI is InChI=1S/C38H57N5O8Si.C24H33NO5Si.C20H35N3O6/c1-24(2)33(34(45)39-25(3)35(46)43-19-11-12-31(42-43)36(47)49-7)41-37(48)38(6,23-50-20-21-52(8,9)10)18-17-28-13-14-29-15-16-30(40-32(29)22-28)26(4)51-27(5)44;1-17(30-18(2)26)21-10-9-20-8-7-19(15-22(20)25-21)11-12-24(3,23(27)28)16-29-13-14-31(4,5)6;1-12(2)14(11-16(24)29-20(4,5)6)17(25)21-13(3)18(26)23-10-8-9-15(22-23)19(27)28-7/h13-18,22,24-26,31,33,42H,11-12,19-21,23H2,1-10H3,(H,39,45)(H,41,48);7-12,15,17H,13-14,16H2,1-6H3,(H,27,28);12-15,22H,8-11H2,1-7H3,(H,21,25)/b18-17+;12-11+;/t25-,26+,31-,33-,38+;17-,24-;13-,14-,15-/m010/s1. The Morgan fingerprint density at radius 3 is 1.35 bits per heavy atom. The van der Waals surface area contributed by atoms with E-state index in [2.05, 4.69) is 71.1 Å². The summed E-state index contributed by atoms with van der Waals surface area (Å²) >= 11 is 0. The molecule has 2 aromatic carbocycles. The Hall–Kier alpha value is -8.82. The monoisotopic (exact) mass is 1600 g/mol. The molecule has 2 aliphatic rings.